The maximum absolute atomic E-state index is 13.7. The van der Waals surface area contributed by atoms with E-state index in [-0.39, 0.29) is 36.8 Å². The molecule has 1 unspecified atom stereocenters. The second-order valence-corrected chi connectivity index (χ2v) is 7.31. The molecule has 2 heterocycles. The fourth-order valence-electron chi connectivity index (χ4n) is 3.89. The van der Waals surface area contributed by atoms with Crippen molar-refractivity contribution in [2.75, 3.05) is 13.1 Å². The van der Waals surface area contributed by atoms with Gasteiger partial charge in [-0.25, -0.2) is 0 Å². The topological polar surface area (TPSA) is 23.6 Å². The number of rotatable bonds is 3. The van der Waals surface area contributed by atoms with Crippen molar-refractivity contribution < 1.29 is 31.1 Å². The molecule has 1 aromatic rings. The monoisotopic (exact) mass is 394 g/mol. The number of fused-ring (bicyclic) bond motifs is 1. The lowest BCUT2D eigenvalue weighted by Crippen LogP contribution is -2.37. The number of carbonyl (C=O) groups excluding carboxylic acids is 1. The summed E-state index contributed by atoms with van der Waals surface area (Å²) in [6.45, 7) is 3.38. The van der Waals surface area contributed by atoms with Crippen LogP contribution in [0.15, 0.2) is 12.1 Å². The van der Waals surface area contributed by atoms with Gasteiger partial charge in [-0.2, -0.15) is 26.3 Å². The Morgan fingerprint density at radius 3 is 2.07 bits per heavy atom. The van der Waals surface area contributed by atoms with Gasteiger partial charge < -0.3 is 4.90 Å². The van der Waals surface area contributed by atoms with E-state index in [9.17, 15) is 31.1 Å². The van der Waals surface area contributed by atoms with Gasteiger partial charge in [-0.05, 0) is 63.0 Å². The molecule has 0 saturated carbocycles. The molecular formula is C18H20F6N2O. The molecule has 1 amide bonds. The van der Waals surface area contributed by atoms with Gasteiger partial charge in [0.1, 0.15) is 6.04 Å². The zero-order valence-electron chi connectivity index (χ0n) is 14.9. The van der Waals surface area contributed by atoms with E-state index in [1.54, 1.807) is 13.8 Å². The molecule has 3 rings (SSSR count). The summed E-state index contributed by atoms with van der Waals surface area (Å²) < 4.78 is 81.9. The van der Waals surface area contributed by atoms with Gasteiger partial charge in [0.2, 0.25) is 0 Å². The van der Waals surface area contributed by atoms with Crippen molar-refractivity contribution in [1.29, 1.82) is 0 Å². The second kappa shape index (κ2) is 6.68. The Bertz CT molecular complexity index is 735. The summed E-state index contributed by atoms with van der Waals surface area (Å²) in [5.74, 6) is -0.658. The number of amides is 1. The van der Waals surface area contributed by atoms with Crippen LogP contribution in [0.25, 0.3) is 0 Å². The summed E-state index contributed by atoms with van der Waals surface area (Å²) in [5.41, 5.74) is -2.19. The van der Waals surface area contributed by atoms with Crippen molar-refractivity contribution in [3.8, 4) is 0 Å². The number of halogens is 6. The van der Waals surface area contributed by atoms with Crippen LogP contribution in [0.4, 0.5) is 26.3 Å². The van der Waals surface area contributed by atoms with Crippen LogP contribution in [0.1, 0.15) is 59.8 Å². The zero-order valence-corrected chi connectivity index (χ0v) is 14.9. The fourth-order valence-corrected chi connectivity index (χ4v) is 3.89. The van der Waals surface area contributed by atoms with E-state index in [2.05, 4.69) is 0 Å². The molecule has 3 nitrogen and oxygen atoms in total. The van der Waals surface area contributed by atoms with Crippen LogP contribution in [0.5, 0.6) is 0 Å². The predicted molar refractivity (Wildman–Crippen MR) is 86.1 cm³/mol. The molecule has 9 heteroatoms. The van der Waals surface area contributed by atoms with Gasteiger partial charge in [0.05, 0.1) is 5.56 Å². The number of carbonyl (C=O) groups is 1. The first-order valence-electron chi connectivity index (χ1n) is 8.77. The number of likely N-dealkylation sites (tertiary alicyclic amines) is 1. The minimum Gasteiger partial charge on any atom is -0.332 e. The van der Waals surface area contributed by atoms with E-state index in [1.165, 1.54) is 4.90 Å². The maximum atomic E-state index is 13.7. The standard InChI is InChI=1S/C18H20F6N2O/c1-10(2)26-9-13-12(16(26)27)7-11(8-14(13)17(19,20)21)15(18(22,23)24)25-5-3-4-6-25/h7-8,10,15H,3-6,9H2,1-2H3. The number of hydrogen-bond acceptors (Lipinski definition) is 2. The Labute approximate surface area is 152 Å². The van der Waals surface area contributed by atoms with Crippen LogP contribution < -0.4 is 0 Å². The summed E-state index contributed by atoms with van der Waals surface area (Å²) >= 11 is 0. The molecule has 0 aliphatic carbocycles. The van der Waals surface area contributed by atoms with Crippen LogP contribution >= 0.6 is 0 Å². The first-order chi connectivity index (χ1) is 12.4. The molecule has 2 aliphatic heterocycles. The van der Waals surface area contributed by atoms with E-state index in [1.807, 2.05) is 0 Å². The molecule has 150 valence electrons. The van der Waals surface area contributed by atoms with Crippen molar-refractivity contribution in [2.45, 2.75) is 57.7 Å². The SMILES string of the molecule is CC(C)N1Cc2c(cc(C(N3CCCC3)C(F)(F)F)cc2C(F)(F)F)C1=O. The summed E-state index contributed by atoms with van der Waals surface area (Å²) in [6, 6.07) is -0.920. The largest absolute Gasteiger partial charge is 0.416 e. The highest BCUT2D eigenvalue weighted by Gasteiger charge is 2.48. The molecule has 1 saturated heterocycles. The van der Waals surface area contributed by atoms with Crippen LogP contribution in [-0.2, 0) is 12.7 Å². The normalized spacial score (nSPS) is 19.9. The first-order valence-corrected chi connectivity index (χ1v) is 8.77. The van der Waals surface area contributed by atoms with Crippen molar-refractivity contribution in [3.63, 3.8) is 0 Å². The van der Waals surface area contributed by atoms with Crippen molar-refractivity contribution in [3.05, 3.63) is 34.4 Å². The summed E-state index contributed by atoms with van der Waals surface area (Å²) in [6.07, 6.45) is -8.46. The molecule has 2 aliphatic rings. The van der Waals surface area contributed by atoms with Gasteiger partial charge in [-0.15, -0.1) is 0 Å². The highest BCUT2D eigenvalue weighted by molar-refractivity contribution is 5.99. The molecule has 1 fully saturated rings. The van der Waals surface area contributed by atoms with E-state index in [4.69, 9.17) is 0 Å². The lowest BCUT2D eigenvalue weighted by atomic mass is 9.94. The molecule has 0 aromatic heterocycles. The van der Waals surface area contributed by atoms with Crippen molar-refractivity contribution >= 4 is 5.91 Å². The average Bonchev–Trinajstić information content (AvgIpc) is 3.13. The molecule has 0 bridgehead atoms. The number of benzene rings is 1. The molecular weight excluding hydrogens is 374 g/mol. The fraction of sp³-hybridized carbons (Fsp3) is 0.611. The number of nitrogens with zero attached hydrogens (tertiary/aromatic N) is 2. The predicted octanol–water partition coefficient (Wildman–Crippen LogP) is 4.77. The quantitative estimate of drug-likeness (QED) is 0.690. The minimum absolute atomic E-state index is 0.161. The van der Waals surface area contributed by atoms with Gasteiger partial charge in [0.25, 0.3) is 5.91 Å². The highest BCUT2D eigenvalue weighted by atomic mass is 19.4. The molecule has 1 atom stereocenters. The smallest absolute Gasteiger partial charge is 0.332 e. The Kier molecular flexibility index (Phi) is 4.95. The third kappa shape index (κ3) is 3.66. The van der Waals surface area contributed by atoms with Gasteiger partial charge in [-0.3, -0.25) is 9.69 Å². The van der Waals surface area contributed by atoms with Gasteiger partial charge in [0, 0.05) is 18.2 Å². The Morgan fingerprint density at radius 1 is 1.00 bits per heavy atom. The molecule has 0 spiro atoms. The minimum atomic E-state index is -4.84. The van der Waals surface area contributed by atoms with Gasteiger partial charge >= 0.3 is 12.4 Å². The van der Waals surface area contributed by atoms with Gasteiger partial charge in [-0.1, -0.05) is 0 Å². The zero-order chi connectivity index (χ0) is 20.1. The molecule has 27 heavy (non-hydrogen) atoms. The summed E-state index contributed by atoms with van der Waals surface area (Å²) in [4.78, 5) is 14.9. The van der Waals surface area contributed by atoms with Gasteiger partial charge in [0.15, 0.2) is 0 Å². The second-order valence-electron chi connectivity index (χ2n) is 7.31. The van der Waals surface area contributed by atoms with Crippen LogP contribution in [-0.4, -0.2) is 41.0 Å². The van der Waals surface area contributed by atoms with E-state index in [0.29, 0.717) is 18.9 Å². The third-order valence-corrected chi connectivity index (χ3v) is 5.15. The molecule has 1 aromatic carbocycles. The third-order valence-electron chi connectivity index (χ3n) is 5.15. The van der Waals surface area contributed by atoms with Crippen molar-refractivity contribution in [1.82, 2.24) is 9.80 Å². The molecule has 0 radical (unpaired) electrons. The lowest BCUT2D eigenvalue weighted by molar-refractivity contribution is -0.184. The first kappa shape index (κ1) is 20.0. The van der Waals surface area contributed by atoms with Crippen LogP contribution in [0.2, 0.25) is 0 Å². The lowest BCUT2D eigenvalue weighted by Gasteiger charge is -2.30. The van der Waals surface area contributed by atoms with Crippen molar-refractivity contribution in [2.24, 2.45) is 0 Å². The number of hydrogen-bond donors (Lipinski definition) is 0. The molecule has 0 N–H and O–H groups in total. The van der Waals surface area contributed by atoms with E-state index >= 15 is 0 Å². The van der Waals surface area contributed by atoms with Crippen LogP contribution in [0, 0.1) is 0 Å². The highest BCUT2D eigenvalue weighted by Crippen LogP contribution is 2.44. The Balaban J connectivity index is 2.16. The van der Waals surface area contributed by atoms with E-state index in [0.717, 1.165) is 11.0 Å². The average molecular weight is 394 g/mol. The maximum Gasteiger partial charge on any atom is 0.416 e. The summed E-state index contributed by atoms with van der Waals surface area (Å²) in [5, 5.41) is 0. The summed E-state index contributed by atoms with van der Waals surface area (Å²) in [7, 11) is 0. The van der Waals surface area contributed by atoms with E-state index < -0.39 is 35.4 Å². The van der Waals surface area contributed by atoms with Crippen LogP contribution in [0.3, 0.4) is 0 Å². The Morgan fingerprint density at radius 2 is 1.59 bits per heavy atom. The number of alkyl halides is 6. The Hall–Kier alpha value is -1.77.